The maximum absolute atomic E-state index is 11.1. The van der Waals surface area contributed by atoms with Gasteiger partial charge in [0.15, 0.2) is 0 Å². The number of aliphatic carboxylic acids is 1. The van der Waals surface area contributed by atoms with Crippen LogP contribution in [0.4, 0.5) is 5.82 Å². The molecule has 0 radical (unpaired) electrons. The van der Waals surface area contributed by atoms with Gasteiger partial charge in [-0.1, -0.05) is 20.8 Å². The van der Waals surface area contributed by atoms with Crippen molar-refractivity contribution in [2.75, 3.05) is 5.32 Å². The first kappa shape index (κ1) is 13.4. The van der Waals surface area contributed by atoms with Crippen molar-refractivity contribution in [3.05, 3.63) is 17.6 Å². The Labute approximate surface area is 101 Å². The molecular weight excluding hydrogens is 218 g/mol. The minimum atomic E-state index is -0.866. The summed E-state index contributed by atoms with van der Waals surface area (Å²) in [6, 6.07) is 1.13. The van der Waals surface area contributed by atoms with Gasteiger partial charge in [-0.25, -0.2) is 14.8 Å². The van der Waals surface area contributed by atoms with E-state index >= 15 is 0 Å². The molecule has 0 aliphatic rings. The summed E-state index contributed by atoms with van der Waals surface area (Å²) < 4.78 is 0. The monoisotopic (exact) mass is 237 g/mol. The molecule has 1 aromatic rings. The third-order valence-electron chi connectivity index (χ3n) is 2.45. The molecule has 0 amide bonds. The largest absolute Gasteiger partial charge is 0.480 e. The smallest absolute Gasteiger partial charge is 0.326 e. The fourth-order valence-electron chi connectivity index (χ4n) is 1.53. The number of carboxylic acids is 1. The van der Waals surface area contributed by atoms with Crippen LogP contribution >= 0.6 is 0 Å². The van der Waals surface area contributed by atoms with Gasteiger partial charge in [-0.05, 0) is 12.8 Å². The number of aryl methyl sites for hydroxylation is 2. The number of carbonyl (C=O) groups is 1. The molecule has 0 fully saturated rings. The molecule has 0 aliphatic carbocycles. The molecular formula is C12H19N3O2. The number of hydrogen-bond acceptors (Lipinski definition) is 4. The highest BCUT2D eigenvalue weighted by molar-refractivity contribution is 5.77. The minimum absolute atomic E-state index is 0.00662. The molecule has 0 saturated carbocycles. The van der Waals surface area contributed by atoms with E-state index in [2.05, 4.69) is 15.3 Å². The van der Waals surface area contributed by atoms with Crippen molar-refractivity contribution in [3.8, 4) is 0 Å². The topological polar surface area (TPSA) is 75.1 Å². The maximum atomic E-state index is 11.1. The summed E-state index contributed by atoms with van der Waals surface area (Å²) in [6.07, 6.45) is 0.732. The zero-order valence-electron chi connectivity index (χ0n) is 10.7. The van der Waals surface area contributed by atoms with Gasteiger partial charge in [0.05, 0.1) is 0 Å². The van der Waals surface area contributed by atoms with Crippen LogP contribution in [0.1, 0.15) is 32.3 Å². The summed E-state index contributed by atoms with van der Waals surface area (Å²) in [4.78, 5) is 19.6. The van der Waals surface area contributed by atoms with Crippen molar-refractivity contribution in [1.29, 1.82) is 0 Å². The number of anilines is 1. The maximum Gasteiger partial charge on any atom is 0.326 e. The van der Waals surface area contributed by atoms with E-state index in [1.807, 2.05) is 27.7 Å². The van der Waals surface area contributed by atoms with Crippen molar-refractivity contribution in [1.82, 2.24) is 9.97 Å². The third-order valence-corrected chi connectivity index (χ3v) is 2.45. The van der Waals surface area contributed by atoms with Crippen molar-refractivity contribution in [3.63, 3.8) is 0 Å². The van der Waals surface area contributed by atoms with Crippen molar-refractivity contribution < 1.29 is 9.90 Å². The predicted octanol–water partition coefficient (Wildman–Crippen LogP) is 1.87. The average Bonchev–Trinajstić information content (AvgIpc) is 2.24. The summed E-state index contributed by atoms with van der Waals surface area (Å²) >= 11 is 0. The van der Waals surface area contributed by atoms with Crippen molar-refractivity contribution in [2.24, 2.45) is 5.92 Å². The van der Waals surface area contributed by atoms with Crippen LogP contribution in [0.15, 0.2) is 6.07 Å². The first-order chi connectivity index (χ1) is 7.93. The Balaban J connectivity index is 2.93. The van der Waals surface area contributed by atoms with Gasteiger partial charge in [0.25, 0.3) is 0 Å². The highest BCUT2D eigenvalue weighted by Gasteiger charge is 2.21. The van der Waals surface area contributed by atoms with Gasteiger partial charge >= 0.3 is 5.97 Å². The normalized spacial score (nSPS) is 12.5. The zero-order chi connectivity index (χ0) is 13.0. The lowest BCUT2D eigenvalue weighted by atomic mass is 10.1. The average molecular weight is 237 g/mol. The second-order valence-corrected chi connectivity index (χ2v) is 4.37. The summed E-state index contributed by atoms with van der Waals surface area (Å²) in [6.45, 7) is 7.56. The molecule has 0 unspecified atom stereocenters. The number of nitrogens with zero attached hydrogens (tertiary/aromatic N) is 2. The van der Waals surface area contributed by atoms with E-state index in [9.17, 15) is 4.79 Å². The quantitative estimate of drug-likeness (QED) is 0.817. The highest BCUT2D eigenvalue weighted by atomic mass is 16.4. The van der Waals surface area contributed by atoms with E-state index in [0.29, 0.717) is 5.82 Å². The molecule has 1 heterocycles. The number of nitrogens with one attached hydrogen (secondary N) is 1. The minimum Gasteiger partial charge on any atom is -0.480 e. The Morgan fingerprint density at radius 2 is 2.12 bits per heavy atom. The Morgan fingerprint density at radius 1 is 1.47 bits per heavy atom. The van der Waals surface area contributed by atoms with Gasteiger partial charge in [-0.2, -0.15) is 0 Å². The SMILES string of the molecule is CCc1nc(C)cc(N[C@H](C(=O)O)C(C)C)n1. The van der Waals surface area contributed by atoms with E-state index in [0.717, 1.165) is 17.9 Å². The highest BCUT2D eigenvalue weighted by Crippen LogP contribution is 2.12. The van der Waals surface area contributed by atoms with Crippen LogP contribution in [-0.4, -0.2) is 27.1 Å². The molecule has 0 aromatic carbocycles. The summed E-state index contributed by atoms with van der Waals surface area (Å²) in [5.41, 5.74) is 0.840. The molecule has 0 bridgehead atoms. The van der Waals surface area contributed by atoms with E-state index in [4.69, 9.17) is 5.11 Å². The lowest BCUT2D eigenvalue weighted by Gasteiger charge is -2.18. The van der Waals surface area contributed by atoms with Gasteiger partial charge in [-0.15, -0.1) is 0 Å². The molecule has 2 N–H and O–H groups in total. The van der Waals surface area contributed by atoms with E-state index in [1.165, 1.54) is 0 Å². The van der Waals surface area contributed by atoms with Gasteiger partial charge in [0, 0.05) is 18.2 Å². The molecule has 1 rings (SSSR count). The molecule has 0 spiro atoms. The lowest BCUT2D eigenvalue weighted by Crippen LogP contribution is -2.34. The van der Waals surface area contributed by atoms with Crippen LogP contribution in [0.25, 0.3) is 0 Å². The van der Waals surface area contributed by atoms with Gasteiger partial charge in [0.2, 0.25) is 0 Å². The molecule has 1 atom stereocenters. The number of rotatable bonds is 5. The lowest BCUT2D eigenvalue weighted by molar-refractivity contribution is -0.138. The molecule has 1 aromatic heterocycles. The summed E-state index contributed by atoms with van der Waals surface area (Å²) in [7, 11) is 0. The fourth-order valence-corrected chi connectivity index (χ4v) is 1.53. The van der Waals surface area contributed by atoms with Crippen LogP contribution in [0, 0.1) is 12.8 Å². The van der Waals surface area contributed by atoms with E-state index < -0.39 is 12.0 Å². The van der Waals surface area contributed by atoms with Gasteiger partial charge < -0.3 is 10.4 Å². The van der Waals surface area contributed by atoms with Gasteiger partial charge in [-0.3, -0.25) is 0 Å². The molecule has 5 nitrogen and oxygen atoms in total. The summed E-state index contributed by atoms with van der Waals surface area (Å²) in [5.74, 6) is 0.429. The Morgan fingerprint density at radius 3 is 2.59 bits per heavy atom. The molecule has 17 heavy (non-hydrogen) atoms. The standard InChI is InChI=1S/C12H19N3O2/c1-5-9-13-8(4)6-10(14-9)15-11(7(2)3)12(16)17/h6-7,11H,5H2,1-4H3,(H,16,17)(H,13,14,15)/t11-/m0/s1. The van der Waals surface area contributed by atoms with Crippen LogP contribution in [-0.2, 0) is 11.2 Å². The fraction of sp³-hybridized carbons (Fsp3) is 0.583. The molecule has 0 aliphatic heterocycles. The van der Waals surface area contributed by atoms with Crippen molar-refractivity contribution in [2.45, 2.75) is 40.2 Å². The van der Waals surface area contributed by atoms with E-state index in [-0.39, 0.29) is 5.92 Å². The Kier molecular flexibility index (Phi) is 4.43. The van der Waals surface area contributed by atoms with Crippen molar-refractivity contribution >= 4 is 11.8 Å². The third kappa shape index (κ3) is 3.69. The van der Waals surface area contributed by atoms with Gasteiger partial charge in [0.1, 0.15) is 17.7 Å². The number of carboxylic acid groups (broad SMARTS) is 1. The second-order valence-electron chi connectivity index (χ2n) is 4.37. The Hall–Kier alpha value is -1.65. The van der Waals surface area contributed by atoms with E-state index in [1.54, 1.807) is 6.07 Å². The first-order valence-electron chi connectivity index (χ1n) is 5.78. The van der Waals surface area contributed by atoms with Crippen LogP contribution in [0.3, 0.4) is 0 Å². The predicted molar refractivity (Wildman–Crippen MR) is 66.0 cm³/mol. The zero-order valence-corrected chi connectivity index (χ0v) is 10.7. The second kappa shape index (κ2) is 5.61. The molecule has 94 valence electrons. The first-order valence-corrected chi connectivity index (χ1v) is 5.78. The van der Waals surface area contributed by atoms with Crippen LogP contribution < -0.4 is 5.32 Å². The molecule has 5 heteroatoms. The van der Waals surface area contributed by atoms with Crippen LogP contribution in [0.2, 0.25) is 0 Å². The van der Waals surface area contributed by atoms with Crippen LogP contribution in [0.5, 0.6) is 0 Å². The number of aromatic nitrogens is 2. The number of hydrogen-bond donors (Lipinski definition) is 2. The molecule has 0 saturated heterocycles. The Bertz CT molecular complexity index is 405. The summed E-state index contributed by atoms with van der Waals surface area (Å²) in [5, 5.41) is 12.0.